The number of methoxy groups -OCH3 is 1. The first-order chi connectivity index (χ1) is 9.10. The molecule has 104 valence electrons. The summed E-state index contributed by atoms with van der Waals surface area (Å²) in [4.78, 5) is 24.4. The molecule has 0 bridgehead atoms. The van der Waals surface area contributed by atoms with E-state index in [9.17, 15) is 9.59 Å². The second-order valence-corrected chi connectivity index (χ2v) is 4.18. The van der Waals surface area contributed by atoms with Gasteiger partial charge in [-0.15, -0.1) is 0 Å². The highest BCUT2D eigenvalue weighted by Gasteiger charge is 2.26. The lowest BCUT2D eigenvalue weighted by Gasteiger charge is -2.25. The number of carbonyl (C=O) groups is 2. The molecule has 1 amide bonds. The summed E-state index contributed by atoms with van der Waals surface area (Å²) in [5, 5.41) is 8.85. The Bertz CT molecular complexity index is 419. The molecule has 19 heavy (non-hydrogen) atoms. The summed E-state index contributed by atoms with van der Waals surface area (Å²) in [7, 11) is 1.44. The van der Waals surface area contributed by atoms with Gasteiger partial charge < -0.3 is 14.7 Å². The normalized spacial score (nSPS) is 11.9. The van der Waals surface area contributed by atoms with Crippen LogP contribution in [0.4, 0.5) is 0 Å². The molecule has 0 saturated heterocycles. The minimum absolute atomic E-state index is 0.306. The van der Waals surface area contributed by atoms with Gasteiger partial charge in [0, 0.05) is 13.7 Å². The van der Waals surface area contributed by atoms with Gasteiger partial charge in [0.05, 0.1) is 0 Å². The highest BCUT2D eigenvalue weighted by molar-refractivity contribution is 5.85. The highest BCUT2D eigenvalue weighted by Crippen LogP contribution is 2.19. The van der Waals surface area contributed by atoms with Crippen LogP contribution in [0.5, 0.6) is 0 Å². The molecule has 0 heterocycles. The maximum absolute atomic E-state index is 12.3. The number of carbonyl (C=O) groups excluding carboxylic acids is 1. The first-order valence-electron chi connectivity index (χ1n) is 6.18. The number of hydrogen-bond donors (Lipinski definition) is 1. The van der Waals surface area contributed by atoms with E-state index in [1.807, 2.05) is 25.1 Å². The van der Waals surface area contributed by atoms with E-state index in [1.165, 1.54) is 12.0 Å². The molecular formula is C14H19NO4. The van der Waals surface area contributed by atoms with Crippen molar-refractivity contribution in [2.24, 2.45) is 0 Å². The van der Waals surface area contributed by atoms with E-state index in [2.05, 4.69) is 0 Å². The molecule has 0 saturated carbocycles. The molecule has 0 aliphatic heterocycles. The summed E-state index contributed by atoms with van der Waals surface area (Å²) in [6.07, 6.45) is -0.0587. The van der Waals surface area contributed by atoms with Crippen LogP contribution in [-0.4, -0.2) is 42.1 Å². The SMILES string of the molecule is CCCN(CC(=O)O)C(=O)C(OC)c1ccccc1. The summed E-state index contributed by atoms with van der Waals surface area (Å²) in [6.45, 7) is 1.99. The summed E-state index contributed by atoms with van der Waals surface area (Å²) in [6, 6.07) is 9.06. The number of rotatable bonds is 7. The highest BCUT2D eigenvalue weighted by atomic mass is 16.5. The third-order valence-electron chi connectivity index (χ3n) is 2.69. The lowest BCUT2D eigenvalue weighted by atomic mass is 10.1. The smallest absolute Gasteiger partial charge is 0.323 e. The van der Waals surface area contributed by atoms with Crippen LogP contribution in [0.25, 0.3) is 0 Å². The van der Waals surface area contributed by atoms with Crippen molar-refractivity contribution in [2.45, 2.75) is 19.4 Å². The standard InChI is InChI=1S/C14H19NO4/c1-3-9-15(10-12(16)17)14(18)13(19-2)11-7-5-4-6-8-11/h4-8,13H,3,9-10H2,1-2H3,(H,16,17). The van der Waals surface area contributed by atoms with Gasteiger partial charge in [-0.3, -0.25) is 9.59 Å². The third kappa shape index (κ3) is 4.37. The Morgan fingerprint density at radius 1 is 1.32 bits per heavy atom. The zero-order valence-corrected chi connectivity index (χ0v) is 11.2. The van der Waals surface area contributed by atoms with Crippen LogP contribution in [0, 0.1) is 0 Å². The van der Waals surface area contributed by atoms with Gasteiger partial charge in [0.15, 0.2) is 6.10 Å². The Labute approximate surface area is 112 Å². The Morgan fingerprint density at radius 2 is 1.95 bits per heavy atom. The van der Waals surface area contributed by atoms with Crippen molar-refractivity contribution in [3.8, 4) is 0 Å². The van der Waals surface area contributed by atoms with Gasteiger partial charge in [0.2, 0.25) is 0 Å². The van der Waals surface area contributed by atoms with E-state index in [-0.39, 0.29) is 12.5 Å². The summed E-state index contributed by atoms with van der Waals surface area (Å²) >= 11 is 0. The van der Waals surface area contributed by atoms with Crippen molar-refractivity contribution < 1.29 is 19.4 Å². The molecule has 0 aliphatic rings. The van der Waals surface area contributed by atoms with E-state index in [1.54, 1.807) is 12.1 Å². The Morgan fingerprint density at radius 3 is 2.42 bits per heavy atom. The van der Waals surface area contributed by atoms with Gasteiger partial charge >= 0.3 is 5.97 Å². The molecule has 1 atom stereocenters. The van der Waals surface area contributed by atoms with Gasteiger partial charge in [-0.25, -0.2) is 0 Å². The molecule has 0 aromatic heterocycles. The van der Waals surface area contributed by atoms with E-state index in [0.29, 0.717) is 13.0 Å². The average Bonchev–Trinajstić information content (AvgIpc) is 2.39. The van der Waals surface area contributed by atoms with Gasteiger partial charge in [-0.05, 0) is 12.0 Å². The van der Waals surface area contributed by atoms with Crippen LogP contribution in [0.3, 0.4) is 0 Å². The van der Waals surface area contributed by atoms with Crippen LogP contribution in [0.1, 0.15) is 25.0 Å². The van der Waals surface area contributed by atoms with E-state index < -0.39 is 12.1 Å². The predicted molar refractivity (Wildman–Crippen MR) is 70.7 cm³/mol. The van der Waals surface area contributed by atoms with Crippen LogP contribution < -0.4 is 0 Å². The molecule has 1 aromatic rings. The monoisotopic (exact) mass is 265 g/mol. The maximum Gasteiger partial charge on any atom is 0.323 e. The molecule has 0 fully saturated rings. The van der Waals surface area contributed by atoms with Crippen molar-refractivity contribution >= 4 is 11.9 Å². The van der Waals surface area contributed by atoms with Crippen molar-refractivity contribution in [1.29, 1.82) is 0 Å². The maximum atomic E-state index is 12.3. The molecule has 1 rings (SSSR count). The first kappa shape index (κ1) is 15.2. The summed E-state index contributed by atoms with van der Waals surface area (Å²) < 4.78 is 5.22. The number of aliphatic carboxylic acids is 1. The fraction of sp³-hybridized carbons (Fsp3) is 0.429. The fourth-order valence-electron chi connectivity index (χ4n) is 1.87. The number of amides is 1. The van der Waals surface area contributed by atoms with Crippen molar-refractivity contribution in [1.82, 2.24) is 4.90 Å². The zero-order valence-electron chi connectivity index (χ0n) is 11.2. The Balaban J connectivity index is 2.89. The number of benzene rings is 1. The van der Waals surface area contributed by atoms with Crippen LogP contribution >= 0.6 is 0 Å². The molecular weight excluding hydrogens is 246 g/mol. The molecule has 0 aliphatic carbocycles. The number of ether oxygens (including phenoxy) is 1. The fourth-order valence-corrected chi connectivity index (χ4v) is 1.87. The van der Waals surface area contributed by atoms with Crippen molar-refractivity contribution in [3.05, 3.63) is 35.9 Å². The second kappa shape index (κ2) is 7.53. The van der Waals surface area contributed by atoms with Crippen LogP contribution in [0.15, 0.2) is 30.3 Å². The average molecular weight is 265 g/mol. The number of hydrogen-bond acceptors (Lipinski definition) is 3. The summed E-state index contributed by atoms with van der Waals surface area (Å²) in [5.41, 5.74) is 0.724. The van der Waals surface area contributed by atoms with Crippen molar-refractivity contribution in [3.63, 3.8) is 0 Å². The van der Waals surface area contributed by atoms with Gasteiger partial charge in [-0.1, -0.05) is 37.3 Å². The molecule has 1 unspecified atom stereocenters. The molecule has 5 nitrogen and oxygen atoms in total. The topological polar surface area (TPSA) is 66.8 Å². The largest absolute Gasteiger partial charge is 0.480 e. The first-order valence-corrected chi connectivity index (χ1v) is 6.18. The minimum Gasteiger partial charge on any atom is -0.480 e. The van der Waals surface area contributed by atoms with Gasteiger partial charge in [-0.2, -0.15) is 0 Å². The van der Waals surface area contributed by atoms with Crippen molar-refractivity contribution in [2.75, 3.05) is 20.2 Å². The lowest BCUT2D eigenvalue weighted by molar-refractivity contribution is -0.150. The quantitative estimate of drug-likeness (QED) is 0.814. The Kier molecular flexibility index (Phi) is 6.02. The van der Waals surface area contributed by atoms with E-state index in [4.69, 9.17) is 9.84 Å². The van der Waals surface area contributed by atoms with Gasteiger partial charge in [0.1, 0.15) is 6.54 Å². The number of carboxylic acids is 1. The third-order valence-corrected chi connectivity index (χ3v) is 2.69. The molecule has 0 spiro atoms. The molecule has 5 heteroatoms. The van der Waals surface area contributed by atoms with E-state index in [0.717, 1.165) is 5.56 Å². The van der Waals surface area contributed by atoms with Crippen LogP contribution in [-0.2, 0) is 14.3 Å². The minimum atomic E-state index is -1.02. The van der Waals surface area contributed by atoms with Gasteiger partial charge in [0.25, 0.3) is 5.91 Å². The molecule has 0 radical (unpaired) electrons. The van der Waals surface area contributed by atoms with E-state index >= 15 is 0 Å². The second-order valence-electron chi connectivity index (χ2n) is 4.18. The summed E-state index contributed by atoms with van der Waals surface area (Å²) in [5.74, 6) is -1.34. The lowest BCUT2D eigenvalue weighted by Crippen LogP contribution is -2.39. The number of carboxylic acid groups (broad SMARTS) is 1. The predicted octanol–water partition coefficient (Wildman–Crippen LogP) is 1.70. The van der Waals surface area contributed by atoms with Crippen LogP contribution in [0.2, 0.25) is 0 Å². The zero-order chi connectivity index (χ0) is 14.3. The molecule has 1 aromatic carbocycles. The Hall–Kier alpha value is -1.88. The molecule has 1 N–H and O–H groups in total. The number of nitrogens with zero attached hydrogens (tertiary/aromatic N) is 1.